The first kappa shape index (κ1) is 23.7. The van der Waals surface area contributed by atoms with E-state index in [-0.39, 0.29) is 29.8 Å². The molecule has 4 amide bonds. The highest BCUT2D eigenvalue weighted by Crippen LogP contribution is 2.31. The maximum Gasteiger partial charge on any atom is 0.293 e. The van der Waals surface area contributed by atoms with E-state index in [9.17, 15) is 23.6 Å². The summed E-state index contributed by atoms with van der Waals surface area (Å²) in [6, 6.07) is 8.25. The van der Waals surface area contributed by atoms with Gasteiger partial charge in [-0.15, -0.1) is 11.3 Å². The third-order valence-corrected chi connectivity index (χ3v) is 6.43. The number of rotatable bonds is 8. The molecule has 10 heteroatoms. The van der Waals surface area contributed by atoms with Gasteiger partial charge in [-0.05, 0) is 52.9 Å². The molecule has 2 N–H and O–H groups in total. The van der Waals surface area contributed by atoms with Gasteiger partial charge >= 0.3 is 0 Å². The minimum Gasteiger partial charge on any atom is -0.353 e. The van der Waals surface area contributed by atoms with Crippen molar-refractivity contribution >= 4 is 52.1 Å². The Hall–Kier alpha value is -2.98. The molecule has 0 aliphatic carbocycles. The number of halogens is 1. The van der Waals surface area contributed by atoms with E-state index in [4.69, 9.17) is 0 Å². The molecule has 0 saturated carbocycles. The van der Waals surface area contributed by atoms with Crippen LogP contribution in [0.2, 0.25) is 0 Å². The van der Waals surface area contributed by atoms with Crippen LogP contribution in [0.1, 0.15) is 29.1 Å². The molecule has 0 radical (unpaired) electrons. The highest BCUT2D eigenvalue weighted by Gasteiger charge is 2.35. The second-order valence-electron chi connectivity index (χ2n) is 7.35. The van der Waals surface area contributed by atoms with Gasteiger partial charge in [-0.25, -0.2) is 4.39 Å². The van der Waals surface area contributed by atoms with Gasteiger partial charge in [0.2, 0.25) is 5.91 Å². The van der Waals surface area contributed by atoms with Crippen LogP contribution in [0.4, 0.5) is 9.18 Å². The van der Waals surface area contributed by atoms with Crippen molar-refractivity contribution in [2.24, 2.45) is 5.92 Å². The summed E-state index contributed by atoms with van der Waals surface area (Å²) in [4.78, 5) is 51.5. The summed E-state index contributed by atoms with van der Waals surface area (Å²) in [6.07, 6.45) is 1.53. The first-order chi connectivity index (χ1) is 15.3. The highest BCUT2D eigenvalue weighted by atomic mass is 32.2. The molecule has 1 aromatic carbocycles. The van der Waals surface area contributed by atoms with Crippen LogP contribution in [0.5, 0.6) is 0 Å². The monoisotopic (exact) mass is 475 g/mol. The summed E-state index contributed by atoms with van der Waals surface area (Å²) >= 11 is 2.08. The van der Waals surface area contributed by atoms with Crippen molar-refractivity contribution in [2.45, 2.75) is 19.9 Å². The fraction of sp³-hybridized carbons (Fsp3) is 0.273. The molecule has 1 unspecified atom stereocenters. The minimum atomic E-state index is -0.752. The van der Waals surface area contributed by atoms with Crippen LogP contribution in [-0.2, 0) is 9.59 Å². The van der Waals surface area contributed by atoms with Crippen LogP contribution in [0.15, 0.2) is 46.7 Å². The molecular weight excluding hydrogens is 453 g/mol. The molecule has 1 aliphatic rings. The molecular formula is C22H22FN3O4S2. The number of hydrogen-bond acceptors (Lipinski definition) is 6. The molecule has 2 heterocycles. The maximum absolute atomic E-state index is 13.0. The fourth-order valence-corrected chi connectivity index (χ4v) is 4.45. The van der Waals surface area contributed by atoms with Crippen LogP contribution >= 0.6 is 23.1 Å². The van der Waals surface area contributed by atoms with Crippen molar-refractivity contribution in [1.82, 2.24) is 15.5 Å². The third-order valence-electron chi connectivity index (χ3n) is 4.66. The van der Waals surface area contributed by atoms with Gasteiger partial charge in [0.15, 0.2) is 0 Å². The van der Waals surface area contributed by atoms with Crippen LogP contribution < -0.4 is 10.6 Å². The molecule has 32 heavy (non-hydrogen) atoms. The van der Waals surface area contributed by atoms with Gasteiger partial charge in [0.05, 0.1) is 9.78 Å². The van der Waals surface area contributed by atoms with Gasteiger partial charge in [-0.1, -0.05) is 32.0 Å². The summed E-state index contributed by atoms with van der Waals surface area (Å²) in [7, 11) is 0. The summed E-state index contributed by atoms with van der Waals surface area (Å²) in [5.74, 6) is -1.73. The number of thioether (sulfide) groups is 1. The van der Waals surface area contributed by atoms with E-state index in [1.807, 2.05) is 13.8 Å². The van der Waals surface area contributed by atoms with Crippen molar-refractivity contribution in [3.05, 3.63) is 62.9 Å². The van der Waals surface area contributed by atoms with Crippen LogP contribution in [-0.4, -0.2) is 47.0 Å². The summed E-state index contributed by atoms with van der Waals surface area (Å²) in [5.41, 5.74) is 0.603. The lowest BCUT2D eigenvalue weighted by Crippen LogP contribution is -2.51. The topological polar surface area (TPSA) is 95.6 Å². The predicted molar refractivity (Wildman–Crippen MR) is 122 cm³/mol. The SMILES string of the molecule is CC(C)C(NC(=O)c1cccs1)C(=O)NCCN1C(=O)S/C(=C\c2ccc(F)cc2)C1=O. The van der Waals surface area contributed by atoms with E-state index in [2.05, 4.69) is 10.6 Å². The van der Waals surface area contributed by atoms with E-state index < -0.39 is 28.9 Å². The summed E-state index contributed by atoms with van der Waals surface area (Å²) in [5, 5.41) is 6.75. The van der Waals surface area contributed by atoms with Gasteiger partial charge in [0.25, 0.3) is 17.1 Å². The van der Waals surface area contributed by atoms with Gasteiger partial charge in [-0.2, -0.15) is 0 Å². The molecule has 0 spiro atoms. The zero-order valence-corrected chi connectivity index (χ0v) is 19.1. The molecule has 1 aliphatic heterocycles. The zero-order valence-electron chi connectivity index (χ0n) is 17.5. The summed E-state index contributed by atoms with van der Waals surface area (Å²) < 4.78 is 13.0. The van der Waals surface area contributed by atoms with Crippen molar-refractivity contribution in [1.29, 1.82) is 0 Å². The highest BCUT2D eigenvalue weighted by molar-refractivity contribution is 8.18. The standard InChI is InChI=1S/C22H22FN3O4S2/c1-13(2)18(25-19(27)16-4-3-11-31-16)20(28)24-9-10-26-21(29)17(32-22(26)30)12-14-5-7-15(23)8-6-14/h3-8,11-13,18H,9-10H2,1-2H3,(H,24,28)(H,25,27)/b17-12-. The van der Waals surface area contributed by atoms with Crippen molar-refractivity contribution < 1.29 is 23.6 Å². The quantitative estimate of drug-likeness (QED) is 0.570. The van der Waals surface area contributed by atoms with Crippen molar-refractivity contribution in [3.63, 3.8) is 0 Å². The van der Waals surface area contributed by atoms with Crippen LogP contribution in [0.25, 0.3) is 6.08 Å². The zero-order chi connectivity index (χ0) is 23.3. The van der Waals surface area contributed by atoms with E-state index in [1.54, 1.807) is 17.5 Å². The van der Waals surface area contributed by atoms with E-state index in [1.165, 1.54) is 41.7 Å². The molecule has 1 atom stereocenters. The Labute approximate surface area is 193 Å². The molecule has 168 valence electrons. The Morgan fingerprint density at radius 1 is 1.16 bits per heavy atom. The van der Waals surface area contributed by atoms with Crippen molar-refractivity contribution in [3.8, 4) is 0 Å². The Kier molecular flexibility index (Phi) is 7.81. The molecule has 3 rings (SSSR count). The van der Waals surface area contributed by atoms with Crippen LogP contribution in [0.3, 0.4) is 0 Å². The lowest BCUT2D eigenvalue weighted by atomic mass is 10.0. The van der Waals surface area contributed by atoms with Gasteiger partial charge in [0, 0.05) is 13.1 Å². The molecule has 7 nitrogen and oxygen atoms in total. The Balaban J connectivity index is 1.55. The Bertz CT molecular complexity index is 1040. The number of nitrogens with one attached hydrogen (secondary N) is 2. The fourth-order valence-electron chi connectivity index (χ4n) is 2.96. The number of carbonyl (C=O) groups excluding carboxylic acids is 4. The molecule has 2 aromatic rings. The largest absolute Gasteiger partial charge is 0.353 e. The second-order valence-corrected chi connectivity index (χ2v) is 9.29. The summed E-state index contributed by atoms with van der Waals surface area (Å²) in [6.45, 7) is 3.69. The number of imide groups is 1. The van der Waals surface area contributed by atoms with E-state index >= 15 is 0 Å². The number of nitrogens with zero attached hydrogens (tertiary/aromatic N) is 1. The number of thiophene rings is 1. The van der Waals surface area contributed by atoms with Gasteiger partial charge < -0.3 is 10.6 Å². The number of carbonyl (C=O) groups is 4. The molecule has 1 fully saturated rings. The van der Waals surface area contributed by atoms with Gasteiger partial charge in [-0.3, -0.25) is 24.1 Å². The number of amides is 4. The smallest absolute Gasteiger partial charge is 0.293 e. The van der Waals surface area contributed by atoms with Crippen LogP contribution in [0, 0.1) is 11.7 Å². The first-order valence-corrected chi connectivity index (χ1v) is 11.6. The maximum atomic E-state index is 13.0. The molecule has 1 saturated heterocycles. The average Bonchev–Trinajstić information content (AvgIpc) is 3.38. The average molecular weight is 476 g/mol. The first-order valence-electron chi connectivity index (χ1n) is 9.89. The minimum absolute atomic E-state index is 0.000844. The van der Waals surface area contributed by atoms with Crippen molar-refractivity contribution in [2.75, 3.05) is 13.1 Å². The number of hydrogen-bond donors (Lipinski definition) is 2. The predicted octanol–water partition coefficient (Wildman–Crippen LogP) is 3.49. The third kappa shape index (κ3) is 5.83. The Morgan fingerprint density at radius 2 is 1.88 bits per heavy atom. The Morgan fingerprint density at radius 3 is 2.50 bits per heavy atom. The lowest BCUT2D eigenvalue weighted by Gasteiger charge is -2.22. The normalized spacial score (nSPS) is 16.0. The van der Waals surface area contributed by atoms with Gasteiger partial charge in [0.1, 0.15) is 11.9 Å². The number of benzene rings is 1. The molecule has 0 bridgehead atoms. The second kappa shape index (κ2) is 10.6. The lowest BCUT2D eigenvalue weighted by molar-refractivity contribution is -0.125. The van der Waals surface area contributed by atoms with E-state index in [0.717, 1.165) is 16.7 Å². The van der Waals surface area contributed by atoms with E-state index in [0.29, 0.717) is 10.4 Å². The molecule has 1 aromatic heterocycles.